The van der Waals surface area contributed by atoms with E-state index in [2.05, 4.69) is 0 Å². The number of phosphoric ester groups is 1. The highest BCUT2D eigenvalue weighted by atomic mass is 31.2. The number of non-ortho nitro benzene ring substituents is 1. The molecule has 7 nitrogen and oxygen atoms in total. The first-order valence-corrected chi connectivity index (χ1v) is 8.36. The van der Waals surface area contributed by atoms with Crippen LogP contribution >= 0.6 is 7.82 Å². The van der Waals surface area contributed by atoms with Crippen LogP contribution in [-0.2, 0) is 18.1 Å². The highest BCUT2D eigenvalue weighted by Crippen LogP contribution is 2.51. The molecule has 2 aromatic rings. The standard InChI is InChI=1S/C16H16NO6P/c1-21-24(20,22-2)23-16(12-13-6-4-3-5-7-13)14-8-10-15(11-9-14)17(18)19/h3-12H,1-2H3/b16-12+. The maximum atomic E-state index is 12.3. The summed E-state index contributed by atoms with van der Waals surface area (Å²) >= 11 is 0. The van der Waals surface area contributed by atoms with E-state index in [-0.39, 0.29) is 11.4 Å². The number of hydrogen-bond acceptors (Lipinski definition) is 6. The molecule has 0 saturated carbocycles. The summed E-state index contributed by atoms with van der Waals surface area (Å²) in [5.74, 6) is 0.211. The molecule has 0 radical (unpaired) electrons. The molecular weight excluding hydrogens is 333 g/mol. The zero-order valence-electron chi connectivity index (χ0n) is 13.1. The van der Waals surface area contributed by atoms with Crippen molar-refractivity contribution >= 4 is 25.3 Å². The Kier molecular flexibility index (Phi) is 5.87. The molecule has 0 unspecified atom stereocenters. The van der Waals surface area contributed by atoms with Crippen LogP contribution in [-0.4, -0.2) is 19.1 Å². The summed E-state index contributed by atoms with van der Waals surface area (Å²) in [5.41, 5.74) is 1.24. The van der Waals surface area contributed by atoms with Crippen molar-refractivity contribution in [2.45, 2.75) is 0 Å². The Morgan fingerprint density at radius 3 is 2.12 bits per heavy atom. The third-order valence-corrected chi connectivity index (χ3v) is 4.43. The predicted molar refractivity (Wildman–Crippen MR) is 90.1 cm³/mol. The lowest BCUT2D eigenvalue weighted by Gasteiger charge is -2.17. The van der Waals surface area contributed by atoms with Crippen molar-refractivity contribution < 1.29 is 23.1 Å². The third kappa shape index (κ3) is 4.52. The van der Waals surface area contributed by atoms with Crippen LogP contribution in [0, 0.1) is 10.1 Å². The zero-order valence-corrected chi connectivity index (χ0v) is 14.0. The molecule has 0 N–H and O–H groups in total. The topological polar surface area (TPSA) is 87.9 Å². The smallest absolute Gasteiger partial charge is 0.403 e. The normalized spacial score (nSPS) is 12.0. The molecule has 0 fully saturated rings. The summed E-state index contributed by atoms with van der Waals surface area (Å²) in [5, 5.41) is 10.8. The van der Waals surface area contributed by atoms with Gasteiger partial charge < -0.3 is 4.52 Å². The van der Waals surface area contributed by atoms with E-state index < -0.39 is 12.7 Å². The lowest BCUT2D eigenvalue weighted by molar-refractivity contribution is -0.384. The van der Waals surface area contributed by atoms with E-state index in [0.717, 1.165) is 5.56 Å². The maximum absolute atomic E-state index is 12.3. The summed E-state index contributed by atoms with van der Waals surface area (Å²) in [7, 11) is -1.36. The zero-order chi connectivity index (χ0) is 17.6. The number of nitro benzene ring substituents is 1. The Hall–Kier alpha value is -2.47. The minimum Gasteiger partial charge on any atom is -0.403 e. The minimum absolute atomic E-state index is 0.0560. The molecule has 0 aliphatic carbocycles. The van der Waals surface area contributed by atoms with Crippen LogP contribution in [0.5, 0.6) is 0 Å². The summed E-state index contributed by atoms with van der Waals surface area (Å²) < 4.78 is 27.3. The van der Waals surface area contributed by atoms with Crippen LogP contribution in [0.3, 0.4) is 0 Å². The molecule has 0 aliphatic rings. The van der Waals surface area contributed by atoms with Gasteiger partial charge in [0.1, 0.15) is 5.76 Å². The minimum atomic E-state index is -3.77. The number of hydrogen-bond donors (Lipinski definition) is 0. The molecule has 0 amide bonds. The van der Waals surface area contributed by atoms with Gasteiger partial charge in [-0.15, -0.1) is 0 Å². The van der Waals surface area contributed by atoms with Crippen molar-refractivity contribution in [3.05, 3.63) is 75.8 Å². The summed E-state index contributed by atoms with van der Waals surface area (Å²) in [4.78, 5) is 10.3. The molecule has 0 heterocycles. The van der Waals surface area contributed by atoms with Crippen molar-refractivity contribution in [1.29, 1.82) is 0 Å². The van der Waals surface area contributed by atoms with Crippen LogP contribution in [0.25, 0.3) is 11.8 Å². The quantitative estimate of drug-likeness (QED) is 0.240. The van der Waals surface area contributed by atoms with Crippen LogP contribution in [0.2, 0.25) is 0 Å². The van der Waals surface area contributed by atoms with Crippen molar-refractivity contribution in [2.24, 2.45) is 0 Å². The van der Waals surface area contributed by atoms with E-state index in [1.54, 1.807) is 6.08 Å². The van der Waals surface area contributed by atoms with E-state index >= 15 is 0 Å². The van der Waals surface area contributed by atoms with Crippen LogP contribution < -0.4 is 0 Å². The Balaban J connectivity index is 2.44. The van der Waals surface area contributed by atoms with Gasteiger partial charge in [-0.1, -0.05) is 30.3 Å². The third-order valence-electron chi connectivity index (χ3n) is 3.12. The van der Waals surface area contributed by atoms with Crippen molar-refractivity contribution in [2.75, 3.05) is 14.2 Å². The van der Waals surface area contributed by atoms with E-state index in [1.165, 1.54) is 38.5 Å². The molecule has 0 atom stereocenters. The van der Waals surface area contributed by atoms with E-state index in [4.69, 9.17) is 13.6 Å². The number of nitrogens with zero attached hydrogens (tertiary/aromatic N) is 1. The second kappa shape index (κ2) is 7.88. The number of rotatable bonds is 7. The molecule has 0 bridgehead atoms. The van der Waals surface area contributed by atoms with Gasteiger partial charge in [0.15, 0.2) is 0 Å². The Morgan fingerprint density at radius 1 is 1.04 bits per heavy atom. The Morgan fingerprint density at radius 2 is 1.62 bits per heavy atom. The molecule has 2 aromatic carbocycles. The van der Waals surface area contributed by atoms with Crippen molar-refractivity contribution in [1.82, 2.24) is 0 Å². The fraction of sp³-hybridized carbons (Fsp3) is 0.125. The first-order chi connectivity index (χ1) is 11.5. The SMILES string of the molecule is COP(=O)(OC)O/C(=C/c1ccccc1)c1ccc([N+](=O)[O-])cc1. The van der Waals surface area contributed by atoms with Crippen LogP contribution in [0.4, 0.5) is 5.69 Å². The highest BCUT2D eigenvalue weighted by molar-refractivity contribution is 7.48. The lowest BCUT2D eigenvalue weighted by atomic mass is 10.1. The van der Waals surface area contributed by atoms with Gasteiger partial charge in [-0.3, -0.25) is 19.2 Å². The average molecular weight is 349 g/mol. The first-order valence-electron chi connectivity index (χ1n) is 6.90. The molecule has 0 saturated heterocycles. The molecule has 24 heavy (non-hydrogen) atoms. The van der Waals surface area contributed by atoms with Crippen LogP contribution in [0.1, 0.15) is 11.1 Å². The summed E-state index contributed by atoms with van der Waals surface area (Å²) in [6.07, 6.45) is 1.64. The summed E-state index contributed by atoms with van der Waals surface area (Å²) in [6.45, 7) is 0. The molecule has 0 aliphatic heterocycles. The van der Waals surface area contributed by atoms with Gasteiger partial charge in [0, 0.05) is 31.9 Å². The second-order valence-corrected chi connectivity index (χ2v) is 6.43. The largest absolute Gasteiger partial charge is 0.529 e. The van der Waals surface area contributed by atoms with Gasteiger partial charge in [-0.25, -0.2) is 4.57 Å². The molecular formula is C16H16NO6P. The molecule has 0 spiro atoms. The second-order valence-electron chi connectivity index (χ2n) is 4.63. The molecule has 2 rings (SSSR count). The van der Waals surface area contributed by atoms with Crippen molar-refractivity contribution in [3.8, 4) is 0 Å². The summed E-state index contributed by atoms with van der Waals surface area (Å²) in [6, 6.07) is 14.9. The first kappa shape index (κ1) is 17.9. The van der Waals surface area contributed by atoms with Gasteiger partial charge in [-0.2, -0.15) is 0 Å². The number of benzene rings is 2. The predicted octanol–water partition coefficient (Wildman–Crippen LogP) is 4.51. The number of nitro groups is 1. The fourth-order valence-electron chi connectivity index (χ4n) is 1.88. The highest BCUT2D eigenvalue weighted by Gasteiger charge is 2.26. The maximum Gasteiger partial charge on any atom is 0.529 e. The van der Waals surface area contributed by atoms with Crippen LogP contribution in [0.15, 0.2) is 54.6 Å². The lowest BCUT2D eigenvalue weighted by Crippen LogP contribution is -1.96. The van der Waals surface area contributed by atoms with Gasteiger partial charge in [-0.05, 0) is 23.8 Å². The molecule has 0 aromatic heterocycles. The number of phosphoric acid groups is 1. The Bertz CT molecular complexity index is 765. The molecule has 8 heteroatoms. The van der Waals surface area contributed by atoms with Gasteiger partial charge >= 0.3 is 7.82 Å². The fourth-order valence-corrected chi connectivity index (χ4v) is 2.58. The van der Waals surface area contributed by atoms with Gasteiger partial charge in [0.05, 0.1) is 4.92 Å². The van der Waals surface area contributed by atoms with E-state index in [0.29, 0.717) is 5.56 Å². The monoisotopic (exact) mass is 349 g/mol. The van der Waals surface area contributed by atoms with E-state index in [9.17, 15) is 14.7 Å². The van der Waals surface area contributed by atoms with E-state index in [1.807, 2.05) is 30.3 Å². The van der Waals surface area contributed by atoms with Gasteiger partial charge in [0.2, 0.25) is 0 Å². The van der Waals surface area contributed by atoms with Crippen molar-refractivity contribution in [3.63, 3.8) is 0 Å². The van der Waals surface area contributed by atoms with Gasteiger partial charge in [0.25, 0.3) is 5.69 Å². The average Bonchev–Trinajstić information content (AvgIpc) is 2.62. The molecule has 126 valence electrons. The Labute approximate surface area is 139 Å².